The standard InChI is InChI=1S/C5H13NO7P2/c7-14(8,9)5(15(10,11)12)6-2-1-3-13-4-6/h5H,1-4H2,(H2,7,8,9)(H2,10,11,12). The molecule has 1 aliphatic rings. The van der Waals surface area contributed by atoms with Gasteiger partial charge in [-0.1, -0.05) is 0 Å². The first-order valence-corrected chi connectivity index (χ1v) is 7.51. The average Bonchev–Trinajstić information content (AvgIpc) is 2.00. The van der Waals surface area contributed by atoms with Crippen LogP contribution >= 0.6 is 15.2 Å². The molecule has 1 aliphatic heterocycles. The predicted octanol–water partition coefficient (Wildman–Crippen LogP) is -0.695. The fourth-order valence-corrected chi connectivity index (χ4v) is 4.20. The molecule has 0 amide bonds. The first-order valence-electron chi connectivity index (χ1n) is 4.15. The third-order valence-electron chi connectivity index (χ3n) is 1.92. The van der Waals surface area contributed by atoms with Gasteiger partial charge in [0.1, 0.15) is 6.73 Å². The van der Waals surface area contributed by atoms with Crippen LogP contribution in [0, 0.1) is 0 Å². The van der Waals surface area contributed by atoms with E-state index in [-0.39, 0.29) is 13.3 Å². The summed E-state index contributed by atoms with van der Waals surface area (Å²) >= 11 is 0. The van der Waals surface area contributed by atoms with Crippen LogP contribution in [-0.4, -0.2) is 49.9 Å². The lowest BCUT2D eigenvalue weighted by Gasteiger charge is -2.34. The normalized spacial score (nSPS) is 20.9. The summed E-state index contributed by atoms with van der Waals surface area (Å²) in [5, 5.41) is 0. The third-order valence-corrected chi connectivity index (χ3v) is 5.58. The zero-order valence-electron chi connectivity index (χ0n) is 7.76. The maximum absolute atomic E-state index is 11.0. The van der Waals surface area contributed by atoms with Crippen molar-refractivity contribution in [2.45, 2.75) is 11.9 Å². The van der Waals surface area contributed by atoms with Crippen LogP contribution < -0.4 is 0 Å². The van der Waals surface area contributed by atoms with E-state index in [0.29, 0.717) is 13.0 Å². The van der Waals surface area contributed by atoms with Gasteiger partial charge in [-0.25, -0.2) is 0 Å². The highest BCUT2D eigenvalue weighted by molar-refractivity contribution is 7.70. The molecule has 0 bridgehead atoms. The van der Waals surface area contributed by atoms with Crippen LogP contribution in [0.2, 0.25) is 0 Å². The van der Waals surface area contributed by atoms with Gasteiger partial charge < -0.3 is 24.3 Å². The lowest BCUT2D eigenvalue weighted by atomic mass is 10.4. The van der Waals surface area contributed by atoms with Crippen molar-refractivity contribution in [3.8, 4) is 0 Å². The second-order valence-corrected chi connectivity index (χ2v) is 6.97. The Hall–Kier alpha value is 0.220. The number of nitrogens with zero attached hydrogens (tertiary/aromatic N) is 1. The molecule has 0 spiro atoms. The average molecular weight is 261 g/mol. The Kier molecular flexibility index (Phi) is 4.08. The lowest BCUT2D eigenvalue weighted by molar-refractivity contribution is -0.0158. The summed E-state index contributed by atoms with van der Waals surface area (Å²) < 4.78 is 26.9. The van der Waals surface area contributed by atoms with Crippen molar-refractivity contribution in [2.75, 3.05) is 19.9 Å². The molecule has 0 atom stereocenters. The molecule has 1 fully saturated rings. The van der Waals surface area contributed by atoms with Gasteiger partial charge in [0.25, 0.3) is 0 Å². The Morgan fingerprint density at radius 1 is 1.13 bits per heavy atom. The fourth-order valence-electron chi connectivity index (χ4n) is 1.42. The Bertz CT molecular complexity index is 281. The van der Waals surface area contributed by atoms with Crippen LogP contribution in [0.1, 0.15) is 6.42 Å². The maximum atomic E-state index is 11.0. The molecule has 1 rings (SSSR count). The Morgan fingerprint density at radius 2 is 1.67 bits per heavy atom. The Morgan fingerprint density at radius 3 is 2.00 bits per heavy atom. The van der Waals surface area contributed by atoms with E-state index in [2.05, 4.69) is 0 Å². The molecule has 10 heteroatoms. The van der Waals surface area contributed by atoms with E-state index >= 15 is 0 Å². The quantitative estimate of drug-likeness (QED) is 0.491. The molecule has 90 valence electrons. The van der Waals surface area contributed by atoms with Crippen LogP contribution in [0.15, 0.2) is 0 Å². The Balaban J connectivity index is 2.91. The summed E-state index contributed by atoms with van der Waals surface area (Å²) in [5.74, 6) is 0. The molecule has 0 radical (unpaired) electrons. The molecule has 0 aliphatic carbocycles. The van der Waals surface area contributed by atoms with E-state index < -0.39 is 20.7 Å². The zero-order valence-corrected chi connectivity index (χ0v) is 9.55. The van der Waals surface area contributed by atoms with E-state index in [1.54, 1.807) is 0 Å². The van der Waals surface area contributed by atoms with Crippen LogP contribution in [0.25, 0.3) is 0 Å². The second-order valence-electron chi connectivity index (χ2n) is 3.23. The van der Waals surface area contributed by atoms with E-state index in [1.165, 1.54) is 0 Å². The molecule has 4 N–H and O–H groups in total. The minimum absolute atomic E-state index is 0.180. The van der Waals surface area contributed by atoms with Gasteiger partial charge >= 0.3 is 15.2 Å². The van der Waals surface area contributed by atoms with E-state index in [0.717, 1.165) is 4.90 Å². The summed E-state index contributed by atoms with van der Waals surface area (Å²) in [5.41, 5.74) is -2.09. The van der Waals surface area contributed by atoms with Gasteiger partial charge in [-0.05, 0) is 6.42 Å². The molecule has 1 saturated heterocycles. The molecular weight excluding hydrogens is 248 g/mol. The van der Waals surface area contributed by atoms with Crippen molar-refractivity contribution in [2.24, 2.45) is 0 Å². The topological polar surface area (TPSA) is 128 Å². The van der Waals surface area contributed by atoms with Crippen LogP contribution in [0.4, 0.5) is 0 Å². The van der Waals surface area contributed by atoms with E-state index in [4.69, 9.17) is 24.3 Å². The molecule has 0 aromatic rings. The number of hydrogen-bond donors (Lipinski definition) is 4. The van der Waals surface area contributed by atoms with Gasteiger partial charge in [-0.3, -0.25) is 14.0 Å². The molecular formula is C5H13NO7P2. The van der Waals surface area contributed by atoms with Crippen molar-refractivity contribution < 1.29 is 33.4 Å². The number of hydrogen-bond acceptors (Lipinski definition) is 4. The molecule has 15 heavy (non-hydrogen) atoms. The zero-order chi connectivity index (χ0) is 11.7. The van der Waals surface area contributed by atoms with Gasteiger partial charge in [0, 0.05) is 13.2 Å². The maximum Gasteiger partial charge on any atom is 0.355 e. The minimum Gasteiger partial charge on any atom is -0.366 e. The minimum atomic E-state index is -4.88. The first-order chi connectivity index (χ1) is 6.73. The van der Waals surface area contributed by atoms with Gasteiger partial charge in [0.05, 0.1) is 0 Å². The van der Waals surface area contributed by atoms with Gasteiger partial charge in [-0.2, -0.15) is 0 Å². The predicted molar refractivity (Wildman–Crippen MR) is 50.0 cm³/mol. The third kappa shape index (κ3) is 3.62. The summed E-state index contributed by atoms with van der Waals surface area (Å²) in [6.07, 6.45) is 0.483. The summed E-state index contributed by atoms with van der Waals surface area (Å²) in [7, 11) is -9.77. The largest absolute Gasteiger partial charge is 0.366 e. The van der Waals surface area contributed by atoms with Crippen LogP contribution in [0.5, 0.6) is 0 Å². The van der Waals surface area contributed by atoms with Crippen LogP contribution in [0.3, 0.4) is 0 Å². The fraction of sp³-hybridized carbons (Fsp3) is 1.00. The van der Waals surface area contributed by atoms with Gasteiger partial charge in [0.15, 0.2) is 0 Å². The lowest BCUT2D eigenvalue weighted by Crippen LogP contribution is -2.41. The van der Waals surface area contributed by atoms with Gasteiger partial charge in [0.2, 0.25) is 5.52 Å². The summed E-state index contributed by atoms with van der Waals surface area (Å²) in [6.45, 7) is 0.438. The highest BCUT2D eigenvalue weighted by Crippen LogP contribution is 2.61. The Labute approximate surface area is 86.2 Å². The molecule has 0 unspecified atom stereocenters. The smallest absolute Gasteiger partial charge is 0.355 e. The molecule has 0 aromatic carbocycles. The summed E-state index contributed by atoms with van der Waals surface area (Å²) in [6, 6.07) is 0. The van der Waals surface area contributed by atoms with Gasteiger partial charge in [-0.15, -0.1) is 0 Å². The summed E-state index contributed by atoms with van der Waals surface area (Å²) in [4.78, 5) is 36.5. The molecule has 8 nitrogen and oxygen atoms in total. The number of rotatable bonds is 3. The number of ether oxygens (including phenoxy) is 1. The SMILES string of the molecule is O=P(O)(O)C(N1CCCOC1)P(=O)(O)O. The van der Waals surface area contributed by atoms with Crippen molar-refractivity contribution in [3.05, 3.63) is 0 Å². The van der Waals surface area contributed by atoms with Crippen molar-refractivity contribution in [1.29, 1.82) is 0 Å². The molecule has 0 saturated carbocycles. The monoisotopic (exact) mass is 261 g/mol. The second kappa shape index (κ2) is 4.61. The van der Waals surface area contributed by atoms with Crippen molar-refractivity contribution in [3.63, 3.8) is 0 Å². The molecule has 0 aromatic heterocycles. The van der Waals surface area contributed by atoms with E-state index in [9.17, 15) is 9.13 Å². The highest BCUT2D eigenvalue weighted by atomic mass is 31.2. The van der Waals surface area contributed by atoms with Crippen LogP contribution in [-0.2, 0) is 13.9 Å². The first kappa shape index (κ1) is 13.3. The highest BCUT2D eigenvalue weighted by Gasteiger charge is 2.48. The van der Waals surface area contributed by atoms with Crippen molar-refractivity contribution >= 4 is 15.2 Å². The van der Waals surface area contributed by atoms with Crippen molar-refractivity contribution in [1.82, 2.24) is 4.90 Å². The van der Waals surface area contributed by atoms with E-state index in [1.807, 2.05) is 0 Å². The molecule has 1 heterocycles.